The van der Waals surface area contributed by atoms with Gasteiger partial charge in [0.1, 0.15) is 11.3 Å². The van der Waals surface area contributed by atoms with E-state index in [2.05, 4.69) is 34.0 Å². The van der Waals surface area contributed by atoms with Gasteiger partial charge in [-0.25, -0.2) is 4.98 Å². The number of morpholine rings is 1. The molecule has 2 aliphatic rings. The van der Waals surface area contributed by atoms with E-state index in [-0.39, 0.29) is 12.2 Å². The Morgan fingerprint density at radius 2 is 2.08 bits per heavy atom. The third-order valence-electron chi connectivity index (χ3n) is 6.39. The van der Waals surface area contributed by atoms with Gasteiger partial charge in [-0.1, -0.05) is 0 Å². The van der Waals surface area contributed by atoms with Gasteiger partial charge in [-0.15, -0.1) is 0 Å². The van der Waals surface area contributed by atoms with E-state index in [1.807, 2.05) is 16.7 Å². The Hall–Kier alpha value is -3.50. The molecule has 0 spiro atoms. The van der Waals surface area contributed by atoms with Crippen LogP contribution in [-0.4, -0.2) is 77.4 Å². The Labute approximate surface area is 209 Å². The van der Waals surface area contributed by atoms with Gasteiger partial charge in [0.25, 0.3) is 5.91 Å². The molecule has 1 saturated heterocycles. The van der Waals surface area contributed by atoms with E-state index in [0.717, 1.165) is 43.8 Å². The van der Waals surface area contributed by atoms with Crippen LogP contribution in [0.1, 0.15) is 30.6 Å². The lowest BCUT2D eigenvalue weighted by Gasteiger charge is -2.35. The van der Waals surface area contributed by atoms with Gasteiger partial charge in [-0.3, -0.25) is 19.2 Å². The van der Waals surface area contributed by atoms with E-state index < -0.39 is 5.91 Å². The number of nitrogens with one attached hydrogen (secondary N) is 1. The molecule has 2 atom stereocenters. The molecule has 3 aromatic rings. The topological polar surface area (TPSA) is 103 Å². The fourth-order valence-electron chi connectivity index (χ4n) is 4.93. The molecule has 36 heavy (non-hydrogen) atoms. The van der Waals surface area contributed by atoms with Gasteiger partial charge in [-0.2, -0.15) is 4.99 Å². The van der Waals surface area contributed by atoms with Crippen molar-refractivity contribution in [1.82, 2.24) is 19.4 Å². The largest absolute Gasteiger partial charge is 0.491 e. The third-order valence-corrected chi connectivity index (χ3v) is 6.39. The summed E-state index contributed by atoms with van der Waals surface area (Å²) in [4.78, 5) is 28.3. The van der Waals surface area contributed by atoms with Crippen molar-refractivity contribution in [2.24, 2.45) is 4.99 Å². The molecule has 1 amide bonds. The number of benzene rings is 1. The molecule has 2 aliphatic heterocycles. The number of amides is 1. The molecule has 1 fully saturated rings. The molecule has 1 unspecified atom stereocenters. The monoisotopic (exact) mass is 492 g/mol. The number of aromatic nitrogens is 3. The molecule has 1 N–H and O–H groups in total. The number of methoxy groups -OCH3 is 1. The van der Waals surface area contributed by atoms with Gasteiger partial charge in [-0.05, 0) is 44.5 Å². The number of carbonyl (C=O) groups is 1. The Balaban J connectivity index is 1.40. The maximum Gasteiger partial charge on any atom is 0.281 e. The van der Waals surface area contributed by atoms with E-state index in [1.54, 1.807) is 25.4 Å². The van der Waals surface area contributed by atoms with E-state index in [1.165, 1.54) is 6.20 Å². The average molecular weight is 493 g/mol. The summed E-state index contributed by atoms with van der Waals surface area (Å²) in [6.45, 7) is 8.99. The minimum atomic E-state index is -0.394. The zero-order valence-electron chi connectivity index (χ0n) is 20.9. The van der Waals surface area contributed by atoms with E-state index in [0.29, 0.717) is 41.3 Å². The van der Waals surface area contributed by atoms with E-state index in [9.17, 15) is 4.79 Å². The zero-order valence-corrected chi connectivity index (χ0v) is 20.9. The van der Waals surface area contributed by atoms with Crippen LogP contribution in [0.15, 0.2) is 41.7 Å². The molecular weight excluding hydrogens is 460 g/mol. The molecule has 2 aromatic heterocycles. The van der Waals surface area contributed by atoms with Crippen LogP contribution in [0, 0.1) is 0 Å². The fourth-order valence-corrected chi connectivity index (χ4v) is 4.93. The van der Waals surface area contributed by atoms with Crippen molar-refractivity contribution in [1.29, 1.82) is 0 Å². The van der Waals surface area contributed by atoms with Gasteiger partial charge >= 0.3 is 0 Å². The number of ether oxygens (including phenoxy) is 3. The van der Waals surface area contributed by atoms with Crippen LogP contribution >= 0.6 is 0 Å². The Morgan fingerprint density at radius 3 is 2.83 bits per heavy atom. The van der Waals surface area contributed by atoms with Crippen LogP contribution < -0.4 is 20.4 Å². The summed E-state index contributed by atoms with van der Waals surface area (Å²) in [6.07, 6.45) is 4.50. The summed E-state index contributed by atoms with van der Waals surface area (Å²) in [6, 6.07) is 7.29. The maximum atomic E-state index is 12.8. The first kappa shape index (κ1) is 24.2. The second-order valence-corrected chi connectivity index (χ2v) is 9.21. The van der Waals surface area contributed by atoms with Crippen LogP contribution in [0.5, 0.6) is 11.5 Å². The van der Waals surface area contributed by atoms with Crippen LogP contribution in [-0.2, 0) is 11.3 Å². The Morgan fingerprint density at radius 1 is 1.25 bits per heavy atom. The lowest BCUT2D eigenvalue weighted by atomic mass is 10.2. The molecule has 0 radical (unpaired) electrons. The molecule has 190 valence electrons. The van der Waals surface area contributed by atoms with E-state index in [4.69, 9.17) is 19.2 Å². The smallest absolute Gasteiger partial charge is 0.281 e. The normalized spacial score (nSPS) is 20.2. The lowest BCUT2D eigenvalue weighted by Crippen LogP contribution is -2.45. The molecule has 0 aliphatic carbocycles. The highest BCUT2D eigenvalue weighted by atomic mass is 16.5. The average Bonchev–Trinajstić information content (AvgIpc) is 3.37. The summed E-state index contributed by atoms with van der Waals surface area (Å²) >= 11 is 0. The van der Waals surface area contributed by atoms with E-state index >= 15 is 0 Å². The van der Waals surface area contributed by atoms with Crippen molar-refractivity contribution in [2.75, 3.05) is 45.2 Å². The molecule has 0 saturated carbocycles. The molecule has 1 aromatic carbocycles. The summed E-state index contributed by atoms with van der Waals surface area (Å²) in [5.74, 6) is 1.62. The van der Waals surface area contributed by atoms with Gasteiger partial charge in [0.2, 0.25) is 5.62 Å². The number of hydrogen-bond donors (Lipinski definition) is 1. The van der Waals surface area contributed by atoms with Gasteiger partial charge in [0.05, 0.1) is 31.5 Å². The Bertz CT molecular complexity index is 1300. The number of fused-ring (bicyclic) bond motifs is 3. The van der Waals surface area contributed by atoms with Gasteiger partial charge in [0.15, 0.2) is 11.5 Å². The number of anilines is 1. The second-order valence-electron chi connectivity index (χ2n) is 9.21. The van der Waals surface area contributed by atoms with Gasteiger partial charge in [0, 0.05) is 50.5 Å². The van der Waals surface area contributed by atoms with Crippen LogP contribution in [0.4, 0.5) is 5.82 Å². The quantitative estimate of drug-likeness (QED) is 0.502. The standard InChI is InChI=1S/C26H32N6O4/c1-17-15-31(16-18(2)36-17)11-5-13-35-21-8-7-20-22(23(21)34-3)29-26(32-12-10-28-24(20)32)30-25(33)19-6-4-9-27-14-19/h4,6-9,14,17-18,28H,5,10-13,15-16H2,1-3H3/t17-,18?/m0/s1. The van der Waals surface area contributed by atoms with Crippen molar-refractivity contribution in [2.45, 2.75) is 39.0 Å². The van der Waals surface area contributed by atoms with Crippen molar-refractivity contribution in [3.8, 4) is 11.5 Å². The fraction of sp³-hybridized carbons (Fsp3) is 0.462. The van der Waals surface area contributed by atoms with Crippen LogP contribution in [0.2, 0.25) is 0 Å². The summed E-state index contributed by atoms with van der Waals surface area (Å²) < 4.78 is 19.6. The molecule has 5 rings (SSSR count). The van der Waals surface area contributed by atoms with Gasteiger partial charge < -0.3 is 19.5 Å². The summed E-state index contributed by atoms with van der Waals surface area (Å²) in [7, 11) is 1.60. The molecule has 0 bridgehead atoms. The number of rotatable bonds is 7. The molecule has 10 nitrogen and oxygen atoms in total. The number of hydrogen-bond acceptors (Lipinski definition) is 8. The zero-order chi connectivity index (χ0) is 25.1. The predicted octanol–water partition coefficient (Wildman–Crippen LogP) is 2.48. The highest BCUT2D eigenvalue weighted by molar-refractivity contribution is 5.96. The first-order valence-corrected chi connectivity index (χ1v) is 12.4. The number of nitrogens with zero attached hydrogens (tertiary/aromatic N) is 5. The maximum absolute atomic E-state index is 12.8. The lowest BCUT2D eigenvalue weighted by molar-refractivity contribution is -0.0686. The molecule has 10 heteroatoms. The summed E-state index contributed by atoms with van der Waals surface area (Å²) in [5.41, 5.74) is 1.33. The second kappa shape index (κ2) is 10.6. The van der Waals surface area contributed by atoms with Crippen molar-refractivity contribution in [3.05, 3.63) is 47.8 Å². The minimum absolute atomic E-state index is 0.249. The Kier molecular flexibility index (Phi) is 7.15. The van der Waals surface area contributed by atoms with Crippen LogP contribution in [0.25, 0.3) is 10.9 Å². The molecule has 4 heterocycles. The third kappa shape index (κ3) is 5.05. The first-order chi connectivity index (χ1) is 17.5. The highest BCUT2D eigenvalue weighted by Crippen LogP contribution is 2.37. The number of carbonyl (C=O) groups excluding carboxylic acids is 1. The first-order valence-electron chi connectivity index (χ1n) is 12.4. The predicted molar refractivity (Wildman–Crippen MR) is 135 cm³/mol. The summed E-state index contributed by atoms with van der Waals surface area (Å²) in [5, 5.41) is 4.28. The number of pyridine rings is 1. The molecular formula is C26H32N6O4. The van der Waals surface area contributed by atoms with Crippen molar-refractivity contribution < 1.29 is 19.0 Å². The van der Waals surface area contributed by atoms with Crippen LogP contribution in [0.3, 0.4) is 0 Å². The van der Waals surface area contributed by atoms with Crippen molar-refractivity contribution >= 4 is 22.6 Å². The highest BCUT2D eigenvalue weighted by Gasteiger charge is 2.23. The van der Waals surface area contributed by atoms with Crippen molar-refractivity contribution in [3.63, 3.8) is 0 Å². The minimum Gasteiger partial charge on any atom is -0.491 e. The SMILES string of the molecule is COc1c(OCCCN2CC(C)O[C@@H](C)C2)ccc2c3n(c(=NC(=O)c4cccnc4)nc12)CCN3.